The van der Waals surface area contributed by atoms with E-state index in [4.69, 9.17) is 4.74 Å². The summed E-state index contributed by atoms with van der Waals surface area (Å²) in [7, 11) is 0. The first kappa shape index (κ1) is 12.2. The highest BCUT2D eigenvalue weighted by molar-refractivity contribution is 5.72. The van der Waals surface area contributed by atoms with Crippen molar-refractivity contribution >= 4 is 6.21 Å². The smallest absolute Gasteiger partial charge is 0.160 e. The third-order valence-electron chi connectivity index (χ3n) is 2.74. The van der Waals surface area contributed by atoms with Crippen molar-refractivity contribution in [3.8, 4) is 0 Å². The third kappa shape index (κ3) is 3.12. The predicted molar refractivity (Wildman–Crippen MR) is 62.3 cm³/mol. The van der Waals surface area contributed by atoms with Crippen LogP contribution in [0.15, 0.2) is 28.8 Å². The fourth-order valence-electron chi connectivity index (χ4n) is 1.78. The molecule has 0 aromatic rings. The number of rotatable bonds is 5. The van der Waals surface area contributed by atoms with E-state index >= 15 is 0 Å². The van der Waals surface area contributed by atoms with Crippen molar-refractivity contribution in [2.45, 2.75) is 18.9 Å². The number of ether oxygens (including phenoxy) is 1. The van der Waals surface area contributed by atoms with Gasteiger partial charge in [-0.25, -0.2) is 9.38 Å². The summed E-state index contributed by atoms with van der Waals surface area (Å²) in [5, 5.41) is 0. The van der Waals surface area contributed by atoms with Crippen LogP contribution in [0.25, 0.3) is 0 Å². The van der Waals surface area contributed by atoms with Gasteiger partial charge in [-0.15, -0.1) is 0 Å². The highest BCUT2D eigenvalue weighted by Gasteiger charge is 2.30. The van der Waals surface area contributed by atoms with Crippen LogP contribution in [0.5, 0.6) is 0 Å². The van der Waals surface area contributed by atoms with E-state index in [9.17, 15) is 8.78 Å². The van der Waals surface area contributed by atoms with Crippen molar-refractivity contribution in [3.63, 3.8) is 0 Å². The van der Waals surface area contributed by atoms with Gasteiger partial charge < -0.3 is 9.64 Å². The van der Waals surface area contributed by atoms with E-state index < -0.39 is 0 Å². The summed E-state index contributed by atoms with van der Waals surface area (Å²) >= 11 is 0. The van der Waals surface area contributed by atoms with Crippen LogP contribution in [-0.4, -0.2) is 43.6 Å². The van der Waals surface area contributed by atoms with Gasteiger partial charge in [-0.05, 0) is 12.5 Å². The summed E-state index contributed by atoms with van der Waals surface area (Å²) in [6, 6.07) is 0. The van der Waals surface area contributed by atoms with Crippen LogP contribution in [-0.2, 0) is 4.74 Å². The van der Waals surface area contributed by atoms with Crippen molar-refractivity contribution in [2.24, 2.45) is 4.99 Å². The van der Waals surface area contributed by atoms with Gasteiger partial charge in [-0.1, -0.05) is 6.08 Å². The van der Waals surface area contributed by atoms with Crippen molar-refractivity contribution in [1.82, 2.24) is 4.90 Å². The van der Waals surface area contributed by atoms with Crippen LogP contribution < -0.4 is 0 Å². The van der Waals surface area contributed by atoms with E-state index in [-0.39, 0.29) is 18.6 Å². The first-order chi connectivity index (χ1) is 8.31. The molecule has 0 aromatic carbocycles. The van der Waals surface area contributed by atoms with E-state index in [1.807, 2.05) is 4.90 Å². The minimum absolute atomic E-state index is 0.0771. The number of likely N-dealkylation sites (tertiary alicyclic amines) is 1. The summed E-state index contributed by atoms with van der Waals surface area (Å²) in [5.41, 5.74) is 0. The van der Waals surface area contributed by atoms with Gasteiger partial charge in [-0.2, -0.15) is 0 Å². The van der Waals surface area contributed by atoms with Gasteiger partial charge in [0.1, 0.15) is 5.83 Å². The molecule has 5 heteroatoms. The third-order valence-corrected chi connectivity index (χ3v) is 2.74. The maximum absolute atomic E-state index is 13.6. The van der Waals surface area contributed by atoms with Crippen LogP contribution in [0, 0.1) is 0 Å². The predicted octanol–water partition coefficient (Wildman–Crippen LogP) is 2.22. The minimum atomic E-state index is -0.355. The molecular weight excluding hydrogens is 226 g/mol. The normalized spacial score (nSPS) is 20.7. The zero-order chi connectivity index (χ0) is 12.1. The van der Waals surface area contributed by atoms with E-state index in [0.29, 0.717) is 38.4 Å². The maximum atomic E-state index is 13.6. The molecule has 0 aromatic heterocycles. The fraction of sp³-hybridized carbons (Fsp3) is 0.583. The summed E-state index contributed by atoms with van der Waals surface area (Å²) in [6.07, 6.45) is 5.87. The molecule has 2 heterocycles. The molecule has 0 saturated carbocycles. The lowest BCUT2D eigenvalue weighted by atomic mass is 10.1. The lowest BCUT2D eigenvalue weighted by molar-refractivity contribution is -0.0427. The number of nitrogens with zero attached hydrogens (tertiary/aromatic N) is 2. The highest BCUT2D eigenvalue weighted by Crippen LogP contribution is 2.25. The van der Waals surface area contributed by atoms with Crippen molar-refractivity contribution < 1.29 is 13.5 Å². The Morgan fingerprint density at radius 2 is 2.29 bits per heavy atom. The molecule has 2 rings (SSSR count). The van der Waals surface area contributed by atoms with Crippen LogP contribution in [0.1, 0.15) is 12.8 Å². The number of hydrogen-bond donors (Lipinski definition) is 0. The number of alkyl halides is 1. The van der Waals surface area contributed by atoms with Gasteiger partial charge in [-0.3, -0.25) is 4.39 Å². The Labute approximate surface area is 99.5 Å². The van der Waals surface area contributed by atoms with Crippen molar-refractivity contribution in [2.75, 3.05) is 26.4 Å². The van der Waals surface area contributed by atoms with Gasteiger partial charge in [0, 0.05) is 32.3 Å². The Morgan fingerprint density at radius 3 is 3.06 bits per heavy atom. The fourth-order valence-corrected chi connectivity index (χ4v) is 1.78. The Bertz CT molecular complexity index is 346. The molecule has 0 N–H and O–H groups in total. The van der Waals surface area contributed by atoms with Gasteiger partial charge in [0.25, 0.3) is 0 Å². The van der Waals surface area contributed by atoms with E-state index in [2.05, 4.69) is 4.99 Å². The summed E-state index contributed by atoms with van der Waals surface area (Å²) < 4.78 is 30.9. The van der Waals surface area contributed by atoms with E-state index in [0.717, 1.165) is 0 Å². The highest BCUT2D eigenvalue weighted by atomic mass is 19.1. The Kier molecular flexibility index (Phi) is 4.25. The zero-order valence-electron chi connectivity index (χ0n) is 9.61. The average molecular weight is 242 g/mol. The van der Waals surface area contributed by atoms with Gasteiger partial charge in [0.2, 0.25) is 0 Å². The molecule has 0 unspecified atom stereocenters. The summed E-state index contributed by atoms with van der Waals surface area (Å²) in [6.45, 7) is 1.34. The lowest BCUT2D eigenvalue weighted by Gasteiger charge is -2.40. The molecule has 2 aliphatic heterocycles. The van der Waals surface area contributed by atoms with Crippen LogP contribution >= 0.6 is 0 Å². The molecular formula is C12H16F2N2O. The van der Waals surface area contributed by atoms with Crippen molar-refractivity contribution in [1.29, 1.82) is 0 Å². The monoisotopic (exact) mass is 242 g/mol. The molecule has 2 aliphatic rings. The maximum Gasteiger partial charge on any atom is 0.160 e. The second kappa shape index (κ2) is 5.91. The number of allylic oxidation sites excluding steroid dienone is 3. The second-order valence-electron chi connectivity index (χ2n) is 4.08. The van der Waals surface area contributed by atoms with E-state index in [1.165, 1.54) is 0 Å². The van der Waals surface area contributed by atoms with Crippen LogP contribution in [0.2, 0.25) is 0 Å². The van der Waals surface area contributed by atoms with Gasteiger partial charge in [0.05, 0.1) is 12.8 Å². The van der Waals surface area contributed by atoms with Crippen molar-refractivity contribution in [3.05, 3.63) is 23.8 Å². The number of hydrogen-bond acceptors (Lipinski definition) is 3. The lowest BCUT2D eigenvalue weighted by Crippen LogP contribution is -2.51. The van der Waals surface area contributed by atoms with Crippen LogP contribution in [0.3, 0.4) is 0 Å². The minimum Gasteiger partial charge on any atom is -0.374 e. The zero-order valence-corrected chi connectivity index (χ0v) is 9.61. The molecule has 0 atom stereocenters. The molecule has 94 valence electrons. The molecule has 1 saturated heterocycles. The summed E-state index contributed by atoms with van der Waals surface area (Å²) in [4.78, 5) is 5.91. The second-order valence-corrected chi connectivity index (χ2v) is 4.08. The molecule has 3 nitrogen and oxygen atoms in total. The molecule has 0 bridgehead atoms. The molecule has 0 spiro atoms. The molecule has 0 amide bonds. The largest absolute Gasteiger partial charge is 0.374 e. The topological polar surface area (TPSA) is 24.8 Å². The number of aliphatic imine (C=N–C) groups is 1. The Balaban J connectivity index is 1.79. The molecule has 1 fully saturated rings. The van der Waals surface area contributed by atoms with Gasteiger partial charge in [0.15, 0.2) is 5.82 Å². The first-order valence-corrected chi connectivity index (χ1v) is 5.81. The Hall–Kier alpha value is -1.23. The standard InChI is InChI=1S/C12H16F2N2O/c13-5-3-7-17-10-8-16(9-10)12-11(14)4-1-2-6-15-12/h1-2,6,10H,3-5,7-9H2. The van der Waals surface area contributed by atoms with E-state index in [1.54, 1.807) is 18.4 Å². The molecule has 0 radical (unpaired) electrons. The summed E-state index contributed by atoms with van der Waals surface area (Å²) in [5.74, 6) is 0.192. The van der Waals surface area contributed by atoms with Crippen LogP contribution in [0.4, 0.5) is 8.78 Å². The quantitative estimate of drug-likeness (QED) is 0.690. The number of halogens is 2. The SMILES string of the molecule is FCCCOC1CN(C2=C(F)CC=CC=N2)C1. The average Bonchev–Trinajstić information content (AvgIpc) is 2.47. The van der Waals surface area contributed by atoms with Gasteiger partial charge >= 0.3 is 0 Å². The first-order valence-electron chi connectivity index (χ1n) is 5.81. The molecule has 0 aliphatic carbocycles. The molecule has 17 heavy (non-hydrogen) atoms. The Morgan fingerprint density at radius 1 is 1.47 bits per heavy atom.